The van der Waals surface area contributed by atoms with Gasteiger partial charge in [-0.15, -0.1) is 0 Å². The van der Waals surface area contributed by atoms with Crippen molar-refractivity contribution in [3.05, 3.63) is 40.8 Å². The van der Waals surface area contributed by atoms with Gasteiger partial charge >= 0.3 is 0 Å². The van der Waals surface area contributed by atoms with Gasteiger partial charge in [0.05, 0.1) is 5.52 Å². The topological polar surface area (TPSA) is 35.0 Å². The monoisotopic (exact) mass is 308 g/mol. The summed E-state index contributed by atoms with van der Waals surface area (Å²) < 4.78 is 6.74. The second-order valence-electron chi connectivity index (χ2n) is 3.63. The Labute approximate surface area is 110 Å². The summed E-state index contributed by atoms with van der Waals surface area (Å²) >= 11 is 3.47. The molecule has 0 amide bonds. The Hall–Kier alpha value is -1.20. The summed E-state index contributed by atoms with van der Waals surface area (Å²) in [7, 11) is -0.141. The molecular formula is C12H9BrN2OS. The third-order valence-corrected chi connectivity index (χ3v) is 3.92. The fourth-order valence-electron chi connectivity index (χ4n) is 1.70. The first-order chi connectivity index (χ1) is 8.24. The number of halogens is 1. The van der Waals surface area contributed by atoms with Gasteiger partial charge in [-0.2, -0.15) is 0 Å². The van der Waals surface area contributed by atoms with Crippen molar-refractivity contribution in [3.63, 3.8) is 0 Å². The zero-order valence-electron chi connectivity index (χ0n) is 9.05. The Balaban J connectivity index is 2.20. The third-order valence-electron chi connectivity index (χ3n) is 2.46. The number of fused-ring (bicyclic) bond motifs is 1. The maximum Gasteiger partial charge on any atom is 0.163 e. The fourth-order valence-corrected chi connectivity index (χ4v) is 2.85. The van der Waals surface area contributed by atoms with E-state index in [1.807, 2.05) is 35.9 Å². The molecule has 0 saturated carbocycles. The lowest BCUT2D eigenvalue weighted by Gasteiger charge is -2.07. The van der Waals surface area contributed by atoms with Crippen molar-refractivity contribution in [1.82, 2.24) is 9.97 Å². The Kier molecular flexibility index (Phi) is 2.72. The van der Waals surface area contributed by atoms with Crippen LogP contribution in [0.5, 0.6) is 0 Å². The van der Waals surface area contributed by atoms with E-state index in [0.717, 1.165) is 26.8 Å². The number of benzene rings is 1. The highest BCUT2D eigenvalue weighted by molar-refractivity contribution is 9.10. The summed E-state index contributed by atoms with van der Waals surface area (Å²) in [6.45, 7) is 0. The van der Waals surface area contributed by atoms with E-state index in [1.165, 1.54) is 0 Å². The number of rotatable bonds is 1. The molecule has 0 N–H and O–H groups in total. The summed E-state index contributed by atoms with van der Waals surface area (Å²) in [5, 5.41) is 3.04. The highest BCUT2D eigenvalue weighted by Gasteiger charge is 2.13. The van der Waals surface area contributed by atoms with E-state index in [1.54, 1.807) is 6.33 Å². The number of aromatic nitrogens is 2. The molecule has 5 heteroatoms. The van der Waals surface area contributed by atoms with Crippen molar-refractivity contribution in [3.8, 4) is 0 Å². The normalized spacial score (nSPS) is 18.7. The summed E-state index contributed by atoms with van der Waals surface area (Å²) in [6, 6.07) is 5.95. The van der Waals surface area contributed by atoms with Crippen LogP contribution in [0.25, 0.3) is 16.7 Å². The SMILES string of the molecule is CS1=CC=C(c2ncnc3ccc(Br)cc23)O1. The molecular weight excluding hydrogens is 300 g/mol. The van der Waals surface area contributed by atoms with Crippen molar-refractivity contribution in [2.45, 2.75) is 0 Å². The largest absolute Gasteiger partial charge is 0.432 e. The van der Waals surface area contributed by atoms with E-state index in [9.17, 15) is 0 Å². The Bertz CT molecular complexity index is 667. The average Bonchev–Trinajstić information content (AvgIpc) is 2.75. The maximum atomic E-state index is 5.72. The molecule has 3 nitrogen and oxygen atoms in total. The molecule has 1 aliphatic rings. The summed E-state index contributed by atoms with van der Waals surface area (Å²) in [4.78, 5) is 8.57. The van der Waals surface area contributed by atoms with Crippen LogP contribution in [0.1, 0.15) is 5.69 Å². The molecule has 2 heterocycles. The van der Waals surface area contributed by atoms with Crippen molar-refractivity contribution >= 4 is 48.7 Å². The minimum absolute atomic E-state index is 0.141. The predicted molar refractivity (Wildman–Crippen MR) is 75.9 cm³/mol. The van der Waals surface area contributed by atoms with E-state index in [-0.39, 0.29) is 10.8 Å². The molecule has 0 spiro atoms. The molecule has 3 rings (SSSR count). The van der Waals surface area contributed by atoms with Gasteiger partial charge in [-0.3, -0.25) is 0 Å². The van der Waals surface area contributed by atoms with Crippen LogP contribution in [0.3, 0.4) is 0 Å². The zero-order valence-corrected chi connectivity index (χ0v) is 11.5. The predicted octanol–water partition coefficient (Wildman–Crippen LogP) is 3.38. The minimum Gasteiger partial charge on any atom is -0.432 e. The summed E-state index contributed by atoms with van der Waals surface area (Å²) in [5.74, 6) is 0.821. The zero-order chi connectivity index (χ0) is 11.8. The Morgan fingerprint density at radius 1 is 1.29 bits per heavy atom. The van der Waals surface area contributed by atoms with Gasteiger partial charge in [0.25, 0.3) is 0 Å². The molecule has 1 aliphatic heterocycles. The van der Waals surface area contributed by atoms with Crippen LogP contribution in [-0.2, 0) is 4.18 Å². The van der Waals surface area contributed by atoms with Gasteiger partial charge in [-0.25, -0.2) is 9.97 Å². The van der Waals surface area contributed by atoms with E-state index in [0.29, 0.717) is 0 Å². The van der Waals surface area contributed by atoms with Crippen LogP contribution in [0.15, 0.2) is 35.1 Å². The van der Waals surface area contributed by atoms with Gasteiger partial charge in [0.15, 0.2) is 5.76 Å². The number of allylic oxidation sites excluding steroid dienone is 1. The lowest BCUT2D eigenvalue weighted by atomic mass is 10.1. The molecule has 1 aromatic carbocycles. The summed E-state index contributed by atoms with van der Waals surface area (Å²) in [5.41, 5.74) is 1.77. The smallest absolute Gasteiger partial charge is 0.163 e. The average molecular weight is 309 g/mol. The maximum absolute atomic E-state index is 5.72. The second-order valence-corrected chi connectivity index (χ2v) is 5.98. The van der Waals surface area contributed by atoms with Gasteiger partial charge < -0.3 is 4.18 Å². The highest BCUT2D eigenvalue weighted by Crippen LogP contribution is 2.31. The van der Waals surface area contributed by atoms with Gasteiger partial charge in [0.1, 0.15) is 12.0 Å². The van der Waals surface area contributed by atoms with Crippen molar-refractivity contribution in [2.75, 3.05) is 6.26 Å². The number of hydrogen-bond acceptors (Lipinski definition) is 3. The van der Waals surface area contributed by atoms with E-state index < -0.39 is 0 Å². The molecule has 1 aromatic heterocycles. The quantitative estimate of drug-likeness (QED) is 0.758. The number of nitrogens with zero attached hydrogens (tertiary/aromatic N) is 2. The van der Waals surface area contributed by atoms with Gasteiger partial charge in [0.2, 0.25) is 0 Å². The lowest BCUT2D eigenvalue weighted by Crippen LogP contribution is -1.93. The lowest BCUT2D eigenvalue weighted by molar-refractivity contribution is 0.606. The van der Waals surface area contributed by atoms with Gasteiger partial charge in [-0.1, -0.05) is 15.9 Å². The first-order valence-electron chi connectivity index (χ1n) is 5.03. The third kappa shape index (κ3) is 2.00. The molecule has 0 bridgehead atoms. The minimum atomic E-state index is -0.141. The molecule has 0 fully saturated rings. The van der Waals surface area contributed by atoms with E-state index in [2.05, 4.69) is 25.9 Å². The van der Waals surface area contributed by atoms with E-state index >= 15 is 0 Å². The van der Waals surface area contributed by atoms with Crippen LogP contribution < -0.4 is 0 Å². The highest BCUT2D eigenvalue weighted by atomic mass is 79.9. The molecule has 1 atom stereocenters. The molecule has 0 radical (unpaired) electrons. The molecule has 1 unspecified atom stereocenters. The van der Waals surface area contributed by atoms with Crippen LogP contribution in [0.4, 0.5) is 0 Å². The first kappa shape index (κ1) is 10.9. The van der Waals surface area contributed by atoms with Crippen molar-refractivity contribution in [1.29, 1.82) is 0 Å². The molecule has 86 valence electrons. The summed E-state index contributed by atoms with van der Waals surface area (Å²) in [6.07, 6.45) is 5.58. The van der Waals surface area contributed by atoms with Crippen LogP contribution >= 0.6 is 26.7 Å². The second kappa shape index (κ2) is 4.23. The molecule has 0 aliphatic carbocycles. The first-order valence-corrected chi connectivity index (χ1v) is 7.44. The number of hydrogen-bond donors (Lipinski definition) is 0. The fraction of sp³-hybridized carbons (Fsp3) is 0.0833. The van der Waals surface area contributed by atoms with Crippen molar-refractivity contribution < 1.29 is 4.18 Å². The van der Waals surface area contributed by atoms with Gasteiger partial charge in [-0.05, 0) is 35.0 Å². The van der Waals surface area contributed by atoms with Crippen LogP contribution in [0.2, 0.25) is 0 Å². The Morgan fingerprint density at radius 2 is 2.18 bits per heavy atom. The molecule has 2 aromatic rings. The standard InChI is InChI=1S/C12H9BrN2OS/c1-17-5-4-11(16-17)12-9-6-8(13)2-3-10(9)14-7-15-12/h2-7H,1H3. The van der Waals surface area contributed by atoms with E-state index in [4.69, 9.17) is 4.18 Å². The van der Waals surface area contributed by atoms with Crippen LogP contribution in [0, 0.1) is 0 Å². The van der Waals surface area contributed by atoms with Crippen LogP contribution in [-0.4, -0.2) is 21.6 Å². The molecule has 0 saturated heterocycles. The van der Waals surface area contributed by atoms with Crippen molar-refractivity contribution in [2.24, 2.45) is 0 Å². The molecule has 17 heavy (non-hydrogen) atoms. The Morgan fingerprint density at radius 3 is 2.94 bits per heavy atom. The van der Waals surface area contributed by atoms with Gasteiger partial charge in [0, 0.05) is 21.5 Å².